The van der Waals surface area contributed by atoms with Gasteiger partial charge in [-0.1, -0.05) is 24.3 Å². The number of anilines is 2. The van der Waals surface area contributed by atoms with Crippen LogP contribution in [0.4, 0.5) is 11.4 Å². The number of carbonyl (C=O) groups excluding carboxylic acids is 2. The molecular formula is C26H29N3O4. The van der Waals surface area contributed by atoms with E-state index in [2.05, 4.69) is 10.6 Å². The van der Waals surface area contributed by atoms with E-state index in [0.717, 1.165) is 11.3 Å². The van der Waals surface area contributed by atoms with Crippen LogP contribution in [-0.4, -0.2) is 44.5 Å². The number of rotatable bonds is 9. The zero-order valence-corrected chi connectivity index (χ0v) is 19.3. The second-order valence-corrected chi connectivity index (χ2v) is 7.64. The third-order valence-corrected chi connectivity index (χ3v) is 5.44. The standard InChI is InChI=1S/C26H29N3O4/c1-18(19-11-15-22(32-3)16-12-19)29(2)17-25(30)27-21-13-9-20(10-14-21)26(31)28-23-7-5-6-8-24(23)33-4/h5-16,18H,17H2,1-4H3,(H,27,30)(H,28,31). The molecule has 0 spiro atoms. The van der Waals surface area contributed by atoms with Crippen molar-refractivity contribution in [2.24, 2.45) is 0 Å². The molecule has 7 heteroatoms. The van der Waals surface area contributed by atoms with E-state index >= 15 is 0 Å². The van der Waals surface area contributed by atoms with Crippen molar-refractivity contribution in [1.82, 2.24) is 4.90 Å². The van der Waals surface area contributed by atoms with Crippen molar-refractivity contribution < 1.29 is 19.1 Å². The lowest BCUT2D eigenvalue weighted by atomic mass is 10.1. The molecule has 0 heterocycles. The van der Waals surface area contributed by atoms with Crippen LogP contribution in [0, 0.1) is 0 Å². The van der Waals surface area contributed by atoms with Crippen molar-refractivity contribution in [3.05, 3.63) is 83.9 Å². The first-order valence-electron chi connectivity index (χ1n) is 10.6. The second-order valence-electron chi connectivity index (χ2n) is 7.64. The van der Waals surface area contributed by atoms with E-state index in [-0.39, 0.29) is 24.4 Å². The number of ether oxygens (including phenoxy) is 2. The van der Waals surface area contributed by atoms with Gasteiger partial charge in [0.05, 0.1) is 26.5 Å². The number of nitrogens with zero attached hydrogens (tertiary/aromatic N) is 1. The van der Waals surface area contributed by atoms with Crippen LogP contribution in [0.5, 0.6) is 11.5 Å². The van der Waals surface area contributed by atoms with Crippen LogP contribution >= 0.6 is 0 Å². The Morgan fingerprint density at radius 2 is 1.55 bits per heavy atom. The van der Waals surface area contributed by atoms with Crippen LogP contribution in [0.1, 0.15) is 28.9 Å². The molecule has 1 unspecified atom stereocenters. The molecule has 0 bridgehead atoms. The normalized spacial score (nSPS) is 11.5. The first-order valence-corrected chi connectivity index (χ1v) is 10.6. The lowest BCUT2D eigenvalue weighted by Gasteiger charge is -2.24. The molecular weight excluding hydrogens is 418 g/mol. The maximum absolute atomic E-state index is 12.5. The molecule has 3 aromatic rings. The van der Waals surface area contributed by atoms with Gasteiger partial charge in [-0.2, -0.15) is 0 Å². The van der Waals surface area contributed by atoms with Crippen LogP contribution in [0.25, 0.3) is 0 Å². The Balaban J connectivity index is 1.55. The fourth-order valence-electron chi connectivity index (χ4n) is 3.35. The zero-order chi connectivity index (χ0) is 23.8. The zero-order valence-electron chi connectivity index (χ0n) is 19.3. The van der Waals surface area contributed by atoms with E-state index < -0.39 is 0 Å². The largest absolute Gasteiger partial charge is 0.497 e. The molecule has 0 aromatic heterocycles. The molecule has 33 heavy (non-hydrogen) atoms. The van der Waals surface area contributed by atoms with E-state index in [4.69, 9.17) is 9.47 Å². The van der Waals surface area contributed by atoms with Crippen molar-refractivity contribution in [2.45, 2.75) is 13.0 Å². The Kier molecular flexibility index (Phi) is 8.05. The van der Waals surface area contributed by atoms with Crippen LogP contribution < -0.4 is 20.1 Å². The van der Waals surface area contributed by atoms with Crippen molar-refractivity contribution in [3.63, 3.8) is 0 Å². The lowest BCUT2D eigenvalue weighted by molar-refractivity contribution is -0.117. The third-order valence-electron chi connectivity index (χ3n) is 5.44. The van der Waals surface area contributed by atoms with Crippen LogP contribution in [0.15, 0.2) is 72.8 Å². The maximum Gasteiger partial charge on any atom is 0.255 e. The van der Waals surface area contributed by atoms with E-state index in [1.165, 1.54) is 0 Å². The van der Waals surface area contributed by atoms with Gasteiger partial charge in [0.2, 0.25) is 5.91 Å². The Morgan fingerprint density at radius 3 is 2.18 bits per heavy atom. The van der Waals surface area contributed by atoms with E-state index in [1.54, 1.807) is 50.6 Å². The van der Waals surface area contributed by atoms with Gasteiger partial charge in [0.25, 0.3) is 5.91 Å². The highest BCUT2D eigenvalue weighted by Gasteiger charge is 2.16. The van der Waals surface area contributed by atoms with Gasteiger partial charge in [0, 0.05) is 17.3 Å². The van der Waals surface area contributed by atoms with Crippen molar-refractivity contribution >= 4 is 23.2 Å². The number of methoxy groups -OCH3 is 2. The summed E-state index contributed by atoms with van der Waals surface area (Å²) in [7, 11) is 5.09. The highest BCUT2D eigenvalue weighted by atomic mass is 16.5. The minimum atomic E-state index is -0.259. The summed E-state index contributed by atoms with van der Waals surface area (Å²) in [6, 6.07) is 21.8. The molecule has 1 atom stereocenters. The Bertz CT molecular complexity index is 1080. The molecule has 0 aliphatic heterocycles. The molecule has 0 aliphatic rings. The molecule has 0 saturated carbocycles. The number of para-hydroxylation sites is 2. The fraction of sp³-hybridized carbons (Fsp3) is 0.231. The first kappa shape index (κ1) is 23.8. The summed E-state index contributed by atoms with van der Waals surface area (Å²) >= 11 is 0. The molecule has 3 rings (SSSR count). The monoisotopic (exact) mass is 447 g/mol. The summed E-state index contributed by atoms with van der Waals surface area (Å²) in [6.07, 6.45) is 0. The van der Waals surface area contributed by atoms with E-state index in [1.807, 2.05) is 55.3 Å². The van der Waals surface area contributed by atoms with Crippen LogP contribution in [0.2, 0.25) is 0 Å². The topological polar surface area (TPSA) is 79.9 Å². The number of benzene rings is 3. The molecule has 3 aromatic carbocycles. The number of hydrogen-bond acceptors (Lipinski definition) is 5. The minimum absolute atomic E-state index is 0.0581. The van der Waals surface area contributed by atoms with Crippen molar-refractivity contribution in [2.75, 3.05) is 38.4 Å². The third kappa shape index (κ3) is 6.33. The van der Waals surface area contributed by atoms with Gasteiger partial charge in [0.15, 0.2) is 0 Å². The van der Waals surface area contributed by atoms with Crippen LogP contribution in [0.3, 0.4) is 0 Å². The smallest absolute Gasteiger partial charge is 0.255 e. The second kappa shape index (κ2) is 11.2. The summed E-state index contributed by atoms with van der Waals surface area (Å²) < 4.78 is 10.5. The fourth-order valence-corrected chi connectivity index (χ4v) is 3.35. The van der Waals surface area contributed by atoms with E-state index in [9.17, 15) is 9.59 Å². The van der Waals surface area contributed by atoms with Gasteiger partial charge in [0.1, 0.15) is 11.5 Å². The summed E-state index contributed by atoms with van der Waals surface area (Å²) in [6.45, 7) is 2.27. The number of carbonyl (C=O) groups is 2. The molecule has 0 saturated heterocycles. The van der Waals surface area contributed by atoms with E-state index in [0.29, 0.717) is 22.7 Å². The number of amides is 2. The predicted octanol–water partition coefficient (Wildman–Crippen LogP) is 4.59. The minimum Gasteiger partial charge on any atom is -0.497 e. The van der Waals surface area contributed by atoms with Gasteiger partial charge >= 0.3 is 0 Å². The van der Waals surface area contributed by atoms with Gasteiger partial charge < -0.3 is 20.1 Å². The number of hydrogen-bond donors (Lipinski definition) is 2. The maximum atomic E-state index is 12.5. The quantitative estimate of drug-likeness (QED) is 0.502. The summed E-state index contributed by atoms with van der Waals surface area (Å²) in [4.78, 5) is 27.0. The Hall–Kier alpha value is -3.84. The van der Waals surface area contributed by atoms with Gasteiger partial charge in [-0.05, 0) is 68.1 Å². The molecule has 2 N–H and O–H groups in total. The van der Waals surface area contributed by atoms with Gasteiger partial charge in [-0.3, -0.25) is 14.5 Å². The van der Waals surface area contributed by atoms with Gasteiger partial charge in [-0.15, -0.1) is 0 Å². The lowest BCUT2D eigenvalue weighted by Crippen LogP contribution is -2.32. The Labute approximate surface area is 194 Å². The SMILES string of the molecule is COc1ccc(C(C)N(C)CC(=O)Nc2ccc(C(=O)Nc3ccccc3OC)cc2)cc1. The number of nitrogens with one attached hydrogen (secondary N) is 2. The predicted molar refractivity (Wildman–Crippen MR) is 130 cm³/mol. The molecule has 0 radical (unpaired) electrons. The average Bonchev–Trinajstić information content (AvgIpc) is 2.84. The number of likely N-dealkylation sites (N-methyl/N-ethyl adjacent to an activating group) is 1. The highest BCUT2D eigenvalue weighted by Crippen LogP contribution is 2.24. The summed E-state index contributed by atoms with van der Waals surface area (Å²) in [5.41, 5.74) is 2.79. The highest BCUT2D eigenvalue weighted by molar-refractivity contribution is 6.05. The summed E-state index contributed by atoms with van der Waals surface area (Å²) in [5.74, 6) is 0.989. The molecule has 172 valence electrons. The molecule has 0 aliphatic carbocycles. The van der Waals surface area contributed by atoms with Gasteiger partial charge in [-0.25, -0.2) is 0 Å². The summed E-state index contributed by atoms with van der Waals surface area (Å²) in [5, 5.41) is 5.71. The Morgan fingerprint density at radius 1 is 0.879 bits per heavy atom. The van der Waals surface area contributed by atoms with Crippen molar-refractivity contribution in [1.29, 1.82) is 0 Å². The average molecular weight is 448 g/mol. The molecule has 7 nitrogen and oxygen atoms in total. The van der Waals surface area contributed by atoms with Crippen molar-refractivity contribution in [3.8, 4) is 11.5 Å². The molecule has 0 fully saturated rings. The first-order chi connectivity index (χ1) is 15.9. The molecule has 2 amide bonds. The van der Waals surface area contributed by atoms with Crippen LogP contribution in [-0.2, 0) is 4.79 Å².